The predicted octanol–water partition coefficient (Wildman–Crippen LogP) is -1.89. The molecule has 8 nitrogen and oxygen atoms in total. The van der Waals surface area contributed by atoms with E-state index < -0.39 is 11.6 Å². The first-order chi connectivity index (χ1) is 9.52. The van der Waals surface area contributed by atoms with Crippen LogP contribution in [0.2, 0.25) is 0 Å². The minimum atomic E-state index is -0.856. The van der Waals surface area contributed by atoms with Gasteiger partial charge < -0.3 is 15.7 Å². The molecule has 0 aromatic heterocycles. The number of likely N-dealkylation sites (tertiary alicyclic amines) is 1. The summed E-state index contributed by atoms with van der Waals surface area (Å²) >= 11 is 0. The molecule has 2 aliphatic rings. The first-order valence-corrected chi connectivity index (χ1v) is 6.70. The van der Waals surface area contributed by atoms with E-state index in [1.807, 2.05) is 4.90 Å². The van der Waals surface area contributed by atoms with Gasteiger partial charge in [-0.15, -0.1) is 0 Å². The van der Waals surface area contributed by atoms with Crippen molar-refractivity contribution in [3.8, 4) is 0 Å². The van der Waals surface area contributed by atoms with Gasteiger partial charge in [0.05, 0.1) is 19.7 Å². The third-order valence-electron chi connectivity index (χ3n) is 3.93. The Morgan fingerprint density at radius 2 is 2.05 bits per heavy atom. The Labute approximate surface area is 117 Å². The van der Waals surface area contributed by atoms with Gasteiger partial charge in [0, 0.05) is 20.1 Å². The fourth-order valence-electron chi connectivity index (χ4n) is 2.69. The summed E-state index contributed by atoms with van der Waals surface area (Å²) in [6.07, 6.45) is 0.965. The van der Waals surface area contributed by atoms with Crippen LogP contribution in [0.15, 0.2) is 0 Å². The van der Waals surface area contributed by atoms with E-state index in [0.29, 0.717) is 32.5 Å². The first-order valence-electron chi connectivity index (χ1n) is 6.70. The lowest BCUT2D eigenvalue weighted by molar-refractivity contribution is -0.133. The van der Waals surface area contributed by atoms with Crippen molar-refractivity contribution < 1.29 is 19.5 Å². The van der Waals surface area contributed by atoms with Crippen LogP contribution in [0.3, 0.4) is 0 Å². The van der Waals surface area contributed by atoms with E-state index in [1.54, 1.807) is 7.05 Å². The fraction of sp³-hybridized carbons (Fsp3) is 0.750. The Hall–Kier alpha value is -1.67. The standard InChI is InChI=1S/C12H20N4O4/c1-13-9(18)8-15-4-2-12(3-5-15)10(19)16(6-7-17)11(20)14-12/h17H,2-8H2,1H3,(H,13,18)(H,14,20). The second-order valence-corrected chi connectivity index (χ2v) is 5.14. The van der Waals surface area contributed by atoms with Crippen LogP contribution in [0.5, 0.6) is 0 Å². The largest absolute Gasteiger partial charge is 0.395 e. The predicted molar refractivity (Wildman–Crippen MR) is 69.8 cm³/mol. The molecule has 3 N–H and O–H groups in total. The summed E-state index contributed by atoms with van der Waals surface area (Å²) in [6, 6.07) is -0.441. The Balaban J connectivity index is 1.97. The van der Waals surface area contributed by atoms with E-state index in [-0.39, 0.29) is 25.0 Å². The normalized spacial score (nSPS) is 22.2. The number of aliphatic hydroxyl groups is 1. The third-order valence-corrected chi connectivity index (χ3v) is 3.93. The number of piperidine rings is 1. The number of rotatable bonds is 4. The van der Waals surface area contributed by atoms with Crippen LogP contribution in [0.4, 0.5) is 4.79 Å². The number of hydrogen-bond acceptors (Lipinski definition) is 5. The van der Waals surface area contributed by atoms with Crippen molar-refractivity contribution >= 4 is 17.8 Å². The number of imide groups is 1. The molecule has 0 bridgehead atoms. The zero-order valence-electron chi connectivity index (χ0n) is 11.5. The van der Waals surface area contributed by atoms with Gasteiger partial charge in [0.15, 0.2) is 0 Å². The molecule has 2 saturated heterocycles. The number of β-amino-alcohol motifs (C(OH)–C–C–N with tert-alkyl or cyclic N) is 1. The lowest BCUT2D eigenvalue weighted by Gasteiger charge is -2.36. The van der Waals surface area contributed by atoms with Crippen molar-refractivity contribution in [1.82, 2.24) is 20.4 Å². The van der Waals surface area contributed by atoms with Crippen molar-refractivity contribution in [3.05, 3.63) is 0 Å². The number of hydrogen-bond donors (Lipinski definition) is 3. The summed E-state index contributed by atoms with van der Waals surface area (Å²) in [5.41, 5.74) is -0.856. The van der Waals surface area contributed by atoms with Crippen molar-refractivity contribution in [1.29, 1.82) is 0 Å². The molecule has 0 aliphatic carbocycles. The number of carbonyl (C=O) groups excluding carboxylic acids is 3. The highest BCUT2D eigenvalue weighted by Gasteiger charge is 2.52. The highest BCUT2D eigenvalue weighted by molar-refractivity contribution is 6.07. The SMILES string of the molecule is CNC(=O)CN1CCC2(CC1)NC(=O)N(CCO)C2=O. The number of carbonyl (C=O) groups is 3. The molecule has 8 heteroatoms. The Morgan fingerprint density at radius 3 is 2.60 bits per heavy atom. The maximum absolute atomic E-state index is 12.3. The van der Waals surface area contributed by atoms with Crippen LogP contribution in [0.25, 0.3) is 0 Å². The molecule has 2 aliphatic heterocycles. The van der Waals surface area contributed by atoms with Gasteiger partial charge in [0.25, 0.3) is 5.91 Å². The number of nitrogens with one attached hydrogen (secondary N) is 2. The first kappa shape index (κ1) is 14.7. The molecule has 0 atom stereocenters. The summed E-state index contributed by atoms with van der Waals surface area (Å²) in [7, 11) is 1.58. The summed E-state index contributed by atoms with van der Waals surface area (Å²) in [5, 5.41) is 14.2. The van der Waals surface area contributed by atoms with E-state index in [9.17, 15) is 14.4 Å². The van der Waals surface area contributed by atoms with E-state index in [2.05, 4.69) is 10.6 Å². The quantitative estimate of drug-likeness (QED) is 0.524. The summed E-state index contributed by atoms with van der Waals surface area (Å²) in [4.78, 5) is 38.4. The van der Waals surface area contributed by atoms with Crippen LogP contribution in [0.1, 0.15) is 12.8 Å². The second-order valence-electron chi connectivity index (χ2n) is 5.14. The second kappa shape index (κ2) is 5.76. The maximum atomic E-state index is 12.3. The van der Waals surface area contributed by atoms with Gasteiger partial charge in [-0.1, -0.05) is 0 Å². The molecule has 4 amide bonds. The zero-order valence-corrected chi connectivity index (χ0v) is 11.5. The van der Waals surface area contributed by atoms with Crippen molar-refractivity contribution in [2.75, 3.05) is 39.8 Å². The monoisotopic (exact) mass is 284 g/mol. The number of aliphatic hydroxyl groups excluding tert-OH is 1. The van der Waals surface area contributed by atoms with Crippen LogP contribution < -0.4 is 10.6 Å². The van der Waals surface area contributed by atoms with E-state index in [1.165, 1.54) is 0 Å². The Morgan fingerprint density at radius 1 is 1.40 bits per heavy atom. The highest BCUT2D eigenvalue weighted by Crippen LogP contribution is 2.29. The van der Waals surface area contributed by atoms with Crippen LogP contribution in [0, 0.1) is 0 Å². The van der Waals surface area contributed by atoms with Crippen molar-refractivity contribution in [2.24, 2.45) is 0 Å². The molecule has 0 radical (unpaired) electrons. The van der Waals surface area contributed by atoms with Gasteiger partial charge in [0.1, 0.15) is 5.54 Å². The average Bonchev–Trinajstić information content (AvgIpc) is 2.66. The van der Waals surface area contributed by atoms with Gasteiger partial charge in [-0.25, -0.2) is 4.79 Å². The number of urea groups is 1. The number of amides is 4. The van der Waals surface area contributed by atoms with E-state index in [4.69, 9.17) is 5.11 Å². The molecule has 0 aromatic rings. The molecule has 2 heterocycles. The Bertz CT molecular complexity index is 418. The summed E-state index contributed by atoms with van der Waals surface area (Å²) in [6.45, 7) is 1.24. The molecule has 1 spiro atoms. The maximum Gasteiger partial charge on any atom is 0.325 e. The summed E-state index contributed by atoms with van der Waals surface area (Å²) in [5.74, 6) is -0.333. The minimum Gasteiger partial charge on any atom is -0.395 e. The zero-order chi connectivity index (χ0) is 14.8. The topological polar surface area (TPSA) is 102 Å². The molecular formula is C12H20N4O4. The minimum absolute atomic E-state index is 0.0222. The highest BCUT2D eigenvalue weighted by atomic mass is 16.3. The Kier molecular flexibility index (Phi) is 4.24. The molecule has 0 aromatic carbocycles. The lowest BCUT2D eigenvalue weighted by atomic mass is 9.87. The van der Waals surface area contributed by atoms with Crippen molar-refractivity contribution in [2.45, 2.75) is 18.4 Å². The van der Waals surface area contributed by atoms with Gasteiger partial charge >= 0.3 is 6.03 Å². The van der Waals surface area contributed by atoms with Crippen LogP contribution in [-0.4, -0.2) is 78.1 Å². The van der Waals surface area contributed by atoms with Gasteiger partial charge in [-0.05, 0) is 12.8 Å². The van der Waals surface area contributed by atoms with Crippen LogP contribution >= 0.6 is 0 Å². The molecule has 112 valence electrons. The smallest absolute Gasteiger partial charge is 0.325 e. The molecular weight excluding hydrogens is 264 g/mol. The summed E-state index contributed by atoms with van der Waals surface area (Å²) < 4.78 is 0. The van der Waals surface area contributed by atoms with Gasteiger partial charge in [-0.3, -0.25) is 19.4 Å². The fourth-order valence-corrected chi connectivity index (χ4v) is 2.69. The molecule has 0 saturated carbocycles. The van der Waals surface area contributed by atoms with Crippen molar-refractivity contribution in [3.63, 3.8) is 0 Å². The molecule has 0 unspecified atom stereocenters. The van der Waals surface area contributed by atoms with E-state index in [0.717, 1.165) is 4.90 Å². The van der Waals surface area contributed by atoms with Gasteiger partial charge in [-0.2, -0.15) is 0 Å². The molecule has 20 heavy (non-hydrogen) atoms. The molecule has 2 fully saturated rings. The third kappa shape index (κ3) is 2.61. The van der Waals surface area contributed by atoms with E-state index >= 15 is 0 Å². The number of nitrogens with zero attached hydrogens (tertiary/aromatic N) is 2. The average molecular weight is 284 g/mol. The van der Waals surface area contributed by atoms with Crippen LogP contribution in [-0.2, 0) is 9.59 Å². The lowest BCUT2D eigenvalue weighted by Crippen LogP contribution is -2.56. The molecule has 2 rings (SSSR count). The van der Waals surface area contributed by atoms with Gasteiger partial charge in [0.2, 0.25) is 5.91 Å². The number of likely N-dealkylation sites (N-methyl/N-ethyl adjacent to an activating group) is 1.